The number of benzene rings is 1. The second kappa shape index (κ2) is 8.35. The molecule has 1 aromatic carbocycles. The highest BCUT2D eigenvalue weighted by Crippen LogP contribution is 2.31. The Balaban J connectivity index is 1.93. The second-order valence-corrected chi connectivity index (χ2v) is 6.97. The third kappa shape index (κ3) is 3.90. The molecule has 2 aromatic rings. The van der Waals surface area contributed by atoms with Gasteiger partial charge in [0.1, 0.15) is 0 Å². The van der Waals surface area contributed by atoms with Crippen LogP contribution in [0.1, 0.15) is 66.2 Å². The number of pyridine rings is 1. The molecule has 1 aromatic heterocycles. The zero-order chi connectivity index (χ0) is 18.5. The molecule has 0 aliphatic carbocycles. The summed E-state index contributed by atoms with van der Waals surface area (Å²) in [5.41, 5.74) is 5.07. The zero-order valence-electron chi connectivity index (χ0n) is 16.0. The van der Waals surface area contributed by atoms with Crippen molar-refractivity contribution in [2.24, 2.45) is 0 Å². The van der Waals surface area contributed by atoms with E-state index in [-0.39, 0.29) is 11.9 Å². The van der Waals surface area contributed by atoms with Crippen molar-refractivity contribution >= 4 is 11.7 Å². The minimum absolute atomic E-state index is 0.0275. The molecule has 3 rings (SSSR count). The Kier molecular flexibility index (Phi) is 5.92. The molecular weight excluding hydrogens is 324 g/mol. The lowest BCUT2D eigenvalue weighted by atomic mass is 9.92. The van der Waals surface area contributed by atoms with E-state index in [0.29, 0.717) is 12.2 Å². The predicted molar refractivity (Wildman–Crippen MR) is 105 cm³/mol. The standard InChI is InChI=1S/C22H28N2O2/c1-4-26-22(25)19-11-7-6-10-18(19)17(3)20-14-21(16(2)15-23-20)24-12-8-5-9-13-24/h6-7,10-11,14-15,17H,4-5,8-9,12-13H2,1-3H3. The van der Waals surface area contributed by atoms with Gasteiger partial charge in [0.15, 0.2) is 0 Å². The van der Waals surface area contributed by atoms with Crippen molar-refractivity contribution in [2.45, 2.75) is 46.0 Å². The first kappa shape index (κ1) is 18.4. The molecule has 4 nitrogen and oxygen atoms in total. The summed E-state index contributed by atoms with van der Waals surface area (Å²) in [7, 11) is 0. The molecule has 138 valence electrons. The van der Waals surface area contributed by atoms with Crippen LogP contribution in [0, 0.1) is 6.92 Å². The number of nitrogens with zero attached hydrogens (tertiary/aromatic N) is 2. The van der Waals surface area contributed by atoms with E-state index in [1.807, 2.05) is 37.4 Å². The molecule has 1 saturated heterocycles. The fourth-order valence-corrected chi connectivity index (χ4v) is 3.67. The first-order valence-electron chi connectivity index (χ1n) is 9.59. The van der Waals surface area contributed by atoms with Crippen LogP contribution in [0.25, 0.3) is 0 Å². The average Bonchev–Trinajstić information content (AvgIpc) is 2.68. The molecule has 0 radical (unpaired) electrons. The third-order valence-electron chi connectivity index (χ3n) is 5.16. The summed E-state index contributed by atoms with van der Waals surface area (Å²) in [5.74, 6) is -0.238. The quantitative estimate of drug-likeness (QED) is 0.731. The molecule has 1 aliphatic heterocycles. The van der Waals surface area contributed by atoms with Crippen LogP contribution in [0.2, 0.25) is 0 Å². The van der Waals surface area contributed by atoms with Gasteiger partial charge in [0.25, 0.3) is 0 Å². The number of hydrogen-bond acceptors (Lipinski definition) is 4. The molecule has 0 saturated carbocycles. The predicted octanol–water partition coefficient (Wildman–Crippen LogP) is 4.71. The van der Waals surface area contributed by atoms with E-state index in [1.165, 1.54) is 30.5 Å². The lowest BCUT2D eigenvalue weighted by Crippen LogP contribution is -2.30. The number of carbonyl (C=O) groups excluding carboxylic acids is 1. The van der Waals surface area contributed by atoms with E-state index in [4.69, 9.17) is 4.74 Å². The number of ether oxygens (including phenoxy) is 1. The van der Waals surface area contributed by atoms with E-state index >= 15 is 0 Å². The molecule has 1 fully saturated rings. The summed E-state index contributed by atoms with van der Waals surface area (Å²) in [4.78, 5) is 19.5. The average molecular weight is 352 g/mol. The molecule has 0 spiro atoms. The maximum atomic E-state index is 12.3. The normalized spacial score (nSPS) is 15.6. The van der Waals surface area contributed by atoms with Gasteiger partial charge in [0.05, 0.1) is 12.2 Å². The van der Waals surface area contributed by atoms with Gasteiger partial charge < -0.3 is 9.64 Å². The molecule has 26 heavy (non-hydrogen) atoms. The van der Waals surface area contributed by atoms with Crippen LogP contribution in [0.15, 0.2) is 36.5 Å². The van der Waals surface area contributed by atoms with Gasteiger partial charge >= 0.3 is 5.97 Å². The Morgan fingerprint density at radius 2 is 1.96 bits per heavy atom. The third-order valence-corrected chi connectivity index (χ3v) is 5.16. The van der Waals surface area contributed by atoms with Crippen molar-refractivity contribution in [3.05, 3.63) is 58.9 Å². The summed E-state index contributed by atoms with van der Waals surface area (Å²) >= 11 is 0. The van der Waals surface area contributed by atoms with Gasteiger partial charge in [-0.2, -0.15) is 0 Å². The number of anilines is 1. The molecule has 4 heteroatoms. The van der Waals surface area contributed by atoms with Gasteiger partial charge in [-0.15, -0.1) is 0 Å². The summed E-state index contributed by atoms with van der Waals surface area (Å²) in [6.07, 6.45) is 5.77. The minimum Gasteiger partial charge on any atom is -0.462 e. The summed E-state index contributed by atoms with van der Waals surface area (Å²) < 4.78 is 5.23. The van der Waals surface area contributed by atoms with Crippen molar-refractivity contribution in [1.29, 1.82) is 0 Å². The highest BCUT2D eigenvalue weighted by atomic mass is 16.5. The monoisotopic (exact) mass is 352 g/mol. The minimum atomic E-state index is -0.265. The fourth-order valence-electron chi connectivity index (χ4n) is 3.67. The van der Waals surface area contributed by atoms with Gasteiger partial charge in [0, 0.05) is 36.6 Å². The fraction of sp³-hybridized carbons (Fsp3) is 0.455. The molecule has 2 heterocycles. The van der Waals surface area contributed by atoms with E-state index in [1.54, 1.807) is 0 Å². The Morgan fingerprint density at radius 3 is 2.69 bits per heavy atom. The van der Waals surface area contributed by atoms with Crippen LogP contribution in [-0.2, 0) is 4.74 Å². The lowest BCUT2D eigenvalue weighted by Gasteiger charge is -2.30. The largest absolute Gasteiger partial charge is 0.462 e. The van der Waals surface area contributed by atoms with Crippen molar-refractivity contribution in [2.75, 3.05) is 24.6 Å². The van der Waals surface area contributed by atoms with Crippen molar-refractivity contribution in [1.82, 2.24) is 4.98 Å². The van der Waals surface area contributed by atoms with Crippen LogP contribution in [-0.4, -0.2) is 30.6 Å². The molecule has 0 amide bonds. The van der Waals surface area contributed by atoms with Crippen LogP contribution >= 0.6 is 0 Å². The Labute approximate surface area is 156 Å². The molecule has 1 unspecified atom stereocenters. The number of carbonyl (C=O) groups is 1. The molecule has 1 atom stereocenters. The number of aromatic nitrogens is 1. The SMILES string of the molecule is CCOC(=O)c1ccccc1C(C)c1cc(N2CCCCC2)c(C)cn1. The number of hydrogen-bond donors (Lipinski definition) is 0. The van der Waals surface area contributed by atoms with E-state index in [0.717, 1.165) is 24.3 Å². The van der Waals surface area contributed by atoms with Gasteiger partial charge in [-0.05, 0) is 56.4 Å². The van der Waals surface area contributed by atoms with Crippen LogP contribution < -0.4 is 4.90 Å². The van der Waals surface area contributed by atoms with Crippen LogP contribution in [0.4, 0.5) is 5.69 Å². The van der Waals surface area contributed by atoms with Gasteiger partial charge in [0.2, 0.25) is 0 Å². The molecular formula is C22H28N2O2. The second-order valence-electron chi connectivity index (χ2n) is 6.97. The van der Waals surface area contributed by atoms with E-state index in [9.17, 15) is 4.79 Å². The first-order chi connectivity index (χ1) is 12.6. The molecule has 0 N–H and O–H groups in total. The topological polar surface area (TPSA) is 42.4 Å². The Morgan fingerprint density at radius 1 is 1.23 bits per heavy atom. The zero-order valence-corrected chi connectivity index (χ0v) is 16.0. The summed E-state index contributed by atoms with van der Waals surface area (Å²) in [6.45, 7) is 8.66. The summed E-state index contributed by atoms with van der Waals surface area (Å²) in [5, 5.41) is 0. The maximum Gasteiger partial charge on any atom is 0.338 e. The smallest absolute Gasteiger partial charge is 0.338 e. The van der Waals surface area contributed by atoms with Crippen molar-refractivity contribution < 1.29 is 9.53 Å². The number of piperidine rings is 1. The van der Waals surface area contributed by atoms with Gasteiger partial charge in [-0.25, -0.2) is 4.79 Å². The van der Waals surface area contributed by atoms with Gasteiger partial charge in [-0.1, -0.05) is 25.1 Å². The Bertz CT molecular complexity index is 766. The Hall–Kier alpha value is -2.36. The highest BCUT2D eigenvalue weighted by Gasteiger charge is 2.21. The summed E-state index contributed by atoms with van der Waals surface area (Å²) in [6, 6.07) is 9.88. The number of esters is 1. The number of aryl methyl sites for hydroxylation is 1. The molecule has 1 aliphatic rings. The maximum absolute atomic E-state index is 12.3. The lowest BCUT2D eigenvalue weighted by molar-refractivity contribution is 0.0525. The highest BCUT2D eigenvalue weighted by molar-refractivity contribution is 5.91. The van der Waals surface area contributed by atoms with Crippen LogP contribution in [0.5, 0.6) is 0 Å². The van der Waals surface area contributed by atoms with Crippen molar-refractivity contribution in [3.8, 4) is 0 Å². The van der Waals surface area contributed by atoms with Gasteiger partial charge in [-0.3, -0.25) is 4.98 Å². The van der Waals surface area contributed by atoms with E-state index in [2.05, 4.69) is 29.8 Å². The van der Waals surface area contributed by atoms with Crippen molar-refractivity contribution in [3.63, 3.8) is 0 Å². The molecule has 0 bridgehead atoms. The van der Waals surface area contributed by atoms with E-state index < -0.39 is 0 Å². The first-order valence-corrected chi connectivity index (χ1v) is 9.59. The van der Waals surface area contributed by atoms with Crippen LogP contribution in [0.3, 0.4) is 0 Å². The number of rotatable bonds is 5.